The van der Waals surface area contributed by atoms with E-state index in [1.54, 1.807) is 0 Å². The summed E-state index contributed by atoms with van der Waals surface area (Å²) in [6.45, 7) is 0.946. The number of nitrogens with two attached hydrogens (primary N) is 1. The van der Waals surface area contributed by atoms with Crippen LogP contribution in [-0.2, 0) is 10.3 Å². The maximum Gasteiger partial charge on any atom is 0.294 e. The normalized spacial score (nSPS) is 39.8. The molecule has 24 heavy (non-hydrogen) atoms. The van der Waals surface area contributed by atoms with Gasteiger partial charge < -0.3 is 10.6 Å². The zero-order valence-electron chi connectivity index (χ0n) is 14.1. The van der Waals surface area contributed by atoms with Crippen LogP contribution in [-0.4, -0.2) is 18.2 Å². The maximum absolute atomic E-state index is 10.8. The van der Waals surface area contributed by atoms with Gasteiger partial charge in [0.1, 0.15) is 6.61 Å². The van der Waals surface area contributed by atoms with Gasteiger partial charge in [-0.05, 0) is 79.2 Å². The molecule has 1 aromatic carbocycles. The predicted octanol–water partition coefficient (Wildman–Crippen LogP) is 3.45. The highest BCUT2D eigenvalue weighted by atomic mass is 16.9. The van der Waals surface area contributed by atoms with Crippen molar-refractivity contribution in [1.29, 1.82) is 0 Å². The standard InChI is InChI=1S/C19H26N2O3/c20-7-6-17-8-15-9-18(11-17,14-24-21(22)23)13-19(10-15,12-17)16-4-2-1-3-5-16/h1-5,15H,6-14,20H2. The Morgan fingerprint density at radius 3 is 2.54 bits per heavy atom. The third kappa shape index (κ3) is 2.50. The smallest absolute Gasteiger partial charge is 0.294 e. The molecule has 0 aliphatic heterocycles. The van der Waals surface area contributed by atoms with Gasteiger partial charge >= 0.3 is 0 Å². The SMILES string of the molecule is NCCC12CC3CC(CO[N+](=O)[O-])(C1)CC(c1ccccc1)(C3)C2. The van der Waals surface area contributed by atoms with Crippen LogP contribution in [0.25, 0.3) is 0 Å². The Labute approximate surface area is 142 Å². The summed E-state index contributed by atoms with van der Waals surface area (Å²) >= 11 is 0. The Morgan fingerprint density at radius 2 is 1.83 bits per heavy atom. The van der Waals surface area contributed by atoms with Crippen molar-refractivity contribution in [1.82, 2.24) is 0 Å². The Kier molecular flexibility index (Phi) is 3.60. The second kappa shape index (κ2) is 5.45. The van der Waals surface area contributed by atoms with Crippen LogP contribution < -0.4 is 5.73 Å². The Hall–Kier alpha value is -1.62. The minimum Gasteiger partial charge on any atom is -0.330 e. The van der Waals surface area contributed by atoms with Crippen LogP contribution in [0, 0.1) is 26.9 Å². The molecule has 0 radical (unpaired) electrons. The lowest BCUT2D eigenvalue weighted by Crippen LogP contribution is -2.60. The average Bonchev–Trinajstić information content (AvgIpc) is 2.53. The first kappa shape index (κ1) is 15.9. The van der Waals surface area contributed by atoms with Gasteiger partial charge in [-0.1, -0.05) is 30.3 Å². The van der Waals surface area contributed by atoms with Crippen molar-refractivity contribution in [2.24, 2.45) is 22.5 Å². The molecule has 5 nitrogen and oxygen atoms in total. The van der Waals surface area contributed by atoms with Crippen LogP contribution in [0.4, 0.5) is 0 Å². The number of benzene rings is 1. The molecule has 1 aromatic rings. The molecular formula is C19H26N2O3. The Morgan fingerprint density at radius 1 is 1.12 bits per heavy atom. The second-order valence-electron chi connectivity index (χ2n) is 8.69. The number of hydrogen-bond donors (Lipinski definition) is 1. The lowest BCUT2D eigenvalue weighted by atomic mass is 9.38. The summed E-state index contributed by atoms with van der Waals surface area (Å²) in [6, 6.07) is 10.8. The summed E-state index contributed by atoms with van der Waals surface area (Å²) in [5.74, 6) is 0.642. The third-order valence-corrected chi connectivity index (χ3v) is 6.84. The van der Waals surface area contributed by atoms with E-state index in [0.717, 1.165) is 25.7 Å². The highest BCUT2D eigenvalue weighted by Gasteiger charge is 2.63. The number of hydrogen-bond acceptors (Lipinski definition) is 4. The van der Waals surface area contributed by atoms with Crippen LogP contribution in [0.5, 0.6) is 0 Å². The Bertz CT molecular complexity index is 637. The molecule has 0 saturated heterocycles. The maximum atomic E-state index is 10.8. The zero-order valence-corrected chi connectivity index (χ0v) is 14.1. The van der Waals surface area contributed by atoms with E-state index in [1.165, 1.54) is 24.8 Å². The fraction of sp³-hybridized carbons (Fsp3) is 0.684. The highest BCUT2D eigenvalue weighted by molar-refractivity contribution is 5.31. The van der Waals surface area contributed by atoms with Gasteiger partial charge in [0.2, 0.25) is 0 Å². The summed E-state index contributed by atoms with van der Waals surface area (Å²) in [5, 5.41) is 10.2. The monoisotopic (exact) mass is 330 g/mol. The summed E-state index contributed by atoms with van der Waals surface area (Å²) in [6.07, 6.45) is 7.78. The number of nitrogens with zero attached hydrogens (tertiary/aromatic N) is 1. The Balaban J connectivity index is 1.73. The lowest BCUT2D eigenvalue weighted by Gasteiger charge is -2.67. The van der Waals surface area contributed by atoms with Gasteiger partial charge in [0.15, 0.2) is 0 Å². The van der Waals surface area contributed by atoms with Gasteiger partial charge in [0.05, 0.1) is 0 Å². The van der Waals surface area contributed by atoms with E-state index < -0.39 is 5.09 Å². The lowest BCUT2D eigenvalue weighted by molar-refractivity contribution is -0.761. The van der Waals surface area contributed by atoms with E-state index in [0.29, 0.717) is 12.5 Å². The quantitative estimate of drug-likeness (QED) is 0.640. The molecule has 4 atom stereocenters. The molecule has 130 valence electrons. The first-order chi connectivity index (χ1) is 11.5. The fourth-order valence-corrected chi connectivity index (χ4v) is 6.89. The van der Waals surface area contributed by atoms with Gasteiger partial charge in [-0.2, -0.15) is 0 Å². The second-order valence-corrected chi connectivity index (χ2v) is 8.69. The zero-order chi connectivity index (χ0) is 16.8. The van der Waals surface area contributed by atoms with E-state index in [4.69, 9.17) is 10.6 Å². The highest BCUT2D eigenvalue weighted by Crippen LogP contribution is 2.70. The van der Waals surface area contributed by atoms with Crippen LogP contribution >= 0.6 is 0 Å². The third-order valence-electron chi connectivity index (χ3n) is 6.84. The molecular weight excluding hydrogens is 304 g/mol. The van der Waals surface area contributed by atoms with Gasteiger partial charge in [0, 0.05) is 0 Å². The van der Waals surface area contributed by atoms with Gasteiger partial charge in [-0.15, -0.1) is 10.1 Å². The molecule has 4 aliphatic rings. The van der Waals surface area contributed by atoms with Gasteiger partial charge in [-0.25, -0.2) is 0 Å². The van der Waals surface area contributed by atoms with Crippen LogP contribution in [0.1, 0.15) is 50.5 Å². The van der Waals surface area contributed by atoms with E-state index >= 15 is 0 Å². The van der Waals surface area contributed by atoms with Crippen LogP contribution in [0.3, 0.4) is 0 Å². The van der Waals surface area contributed by atoms with E-state index in [-0.39, 0.29) is 22.9 Å². The van der Waals surface area contributed by atoms with Crippen molar-refractivity contribution in [2.45, 2.75) is 50.4 Å². The minimum absolute atomic E-state index is 0.0580. The van der Waals surface area contributed by atoms with Crippen molar-refractivity contribution in [2.75, 3.05) is 13.2 Å². The largest absolute Gasteiger partial charge is 0.330 e. The summed E-state index contributed by atoms with van der Waals surface area (Å²) < 4.78 is 0. The molecule has 0 spiro atoms. The first-order valence-corrected chi connectivity index (χ1v) is 9.02. The molecule has 4 saturated carbocycles. The summed E-state index contributed by atoms with van der Waals surface area (Å²) in [7, 11) is 0. The molecule has 4 aliphatic carbocycles. The van der Waals surface area contributed by atoms with Crippen molar-refractivity contribution >= 4 is 0 Å². The van der Waals surface area contributed by atoms with Crippen molar-refractivity contribution in [3.8, 4) is 0 Å². The molecule has 4 fully saturated rings. The minimum atomic E-state index is -0.622. The molecule has 5 heteroatoms. The molecule has 4 unspecified atom stereocenters. The molecule has 2 N–H and O–H groups in total. The fourth-order valence-electron chi connectivity index (χ4n) is 6.89. The van der Waals surface area contributed by atoms with E-state index in [2.05, 4.69) is 30.3 Å². The predicted molar refractivity (Wildman–Crippen MR) is 90.8 cm³/mol. The molecule has 0 aromatic heterocycles. The van der Waals surface area contributed by atoms with Crippen molar-refractivity contribution in [3.63, 3.8) is 0 Å². The van der Waals surface area contributed by atoms with E-state index in [9.17, 15) is 10.1 Å². The number of rotatable bonds is 6. The van der Waals surface area contributed by atoms with Gasteiger partial charge in [-0.3, -0.25) is 0 Å². The van der Waals surface area contributed by atoms with Crippen molar-refractivity contribution < 1.29 is 9.92 Å². The first-order valence-electron chi connectivity index (χ1n) is 9.02. The topological polar surface area (TPSA) is 78.4 Å². The molecule has 4 bridgehead atoms. The molecule has 0 heterocycles. The van der Waals surface area contributed by atoms with E-state index in [1.807, 2.05) is 0 Å². The molecule has 0 amide bonds. The summed E-state index contributed by atoms with van der Waals surface area (Å²) in [4.78, 5) is 15.7. The average molecular weight is 330 g/mol. The van der Waals surface area contributed by atoms with Crippen LogP contribution in [0.15, 0.2) is 30.3 Å². The summed E-state index contributed by atoms with van der Waals surface area (Å²) in [5.41, 5.74) is 7.69. The van der Waals surface area contributed by atoms with Crippen molar-refractivity contribution in [3.05, 3.63) is 46.0 Å². The molecule has 5 rings (SSSR count). The van der Waals surface area contributed by atoms with Crippen LogP contribution in [0.2, 0.25) is 0 Å². The van der Waals surface area contributed by atoms with Gasteiger partial charge in [0.25, 0.3) is 5.09 Å².